The van der Waals surface area contributed by atoms with Crippen LogP contribution in [0.1, 0.15) is 0 Å². The lowest BCUT2D eigenvalue weighted by Gasteiger charge is -2.35. The van der Waals surface area contributed by atoms with Crippen molar-refractivity contribution >= 4 is 17.7 Å². The Morgan fingerprint density at radius 1 is 1.83 bits per heavy atom. The van der Waals surface area contributed by atoms with Crippen molar-refractivity contribution in [2.45, 2.75) is 6.04 Å². The summed E-state index contributed by atoms with van der Waals surface area (Å²) in [6, 6.07) is -0.248. The van der Waals surface area contributed by atoms with E-state index in [1.54, 1.807) is 16.7 Å². The smallest absolute Gasteiger partial charge is 0.241 e. The number of hydrogen-bond donors (Lipinski definition) is 1. The van der Waals surface area contributed by atoms with E-state index in [9.17, 15) is 4.79 Å². The second kappa shape index (κ2) is 4.39. The minimum Gasteiger partial charge on any atom is -0.338 e. The van der Waals surface area contributed by atoms with Crippen LogP contribution < -0.4 is 5.73 Å². The lowest BCUT2D eigenvalue weighted by atomic mass is 10.1. The number of nitrogens with two attached hydrogens (primary N) is 1. The second-order valence-corrected chi connectivity index (χ2v) is 3.75. The molecule has 12 heavy (non-hydrogen) atoms. The maximum absolute atomic E-state index is 11.0. The maximum atomic E-state index is 11.0. The van der Waals surface area contributed by atoms with Gasteiger partial charge in [0.25, 0.3) is 0 Å². The van der Waals surface area contributed by atoms with E-state index in [4.69, 9.17) is 12.2 Å². The van der Waals surface area contributed by atoms with Gasteiger partial charge in [0.05, 0.1) is 5.75 Å². The Balaban J connectivity index is 2.03. The Morgan fingerprint density at radius 3 is 3.08 bits per heavy atom. The van der Waals surface area contributed by atoms with E-state index in [1.807, 2.05) is 0 Å². The number of nitrogens with zero attached hydrogens (tertiary/aromatic N) is 1. The number of rotatable bonds is 4. The van der Waals surface area contributed by atoms with Gasteiger partial charge in [0.15, 0.2) is 0 Å². The van der Waals surface area contributed by atoms with Gasteiger partial charge in [-0.05, 0) is 0 Å². The number of carbonyl (C=O) groups is 1. The van der Waals surface area contributed by atoms with Gasteiger partial charge in [0.1, 0.15) is 6.04 Å². The molecule has 1 fully saturated rings. The Labute approximate surface area is 76.7 Å². The molecule has 1 unspecified atom stereocenters. The third-order valence-electron chi connectivity index (χ3n) is 1.74. The maximum Gasteiger partial charge on any atom is 0.241 e. The van der Waals surface area contributed by atoms with Gasteiger partial charge in [-0.15, -0.1) is 18.2 Å². The molecule has 1 rings (SSSR count). The highest BCUT2D eigenvalue weighted by atomic mass is 32.2. The van der Waals surface area contributed by atoms with E-state index in [0.29, 0.717) is 12.3 Å². The molecule has 0 radical (unpaired) electrons. The molecule has 1 heterocycles. The molecule has 0 aliphatic carbocycles. The third-order valence-corrected chi connectivity index (χ3v) is 2.58. The molecule has 1 atom stereocenters. The molecule has 3 nitrogen and oxygen atoms in total. The fourth-order valence-electron chi connectivity index (χ4n) is 1.03. The van der Waals surface area contributed by atoms with Crippen LogP contribution >= 0.6 is 11.8 Å². The van der Waals surface area contributed by atoms with Crippen LogP contribution in [0.4, 0.5) is 0 Å². The molecular weight excluding hydrogens is 172 g/mol. The number of likely N-dealkylation sites (tertiary alicyclic amines) is 1. The van der Waals surface area contributed by atoms with Crippen molar-refractivity contribution in [3.8, 4) is 12.3 Å². The number of hydrogen-bond acceptors (Lipinski definition) is 3. The first-order valence-corrected chi connectivity index (χ1v) is 4.96. The van der Waals surface area contributed by atoms with Gasteiger partial charge in [-0.1, -0.05) is 5.92 Å². The van der Waals surface area contributed by atoms with Crippen molar-refractivity contribution in [2.75, 3.05) is 24.6 Å². The SMILES string of the molecule is C#CCSCCN1CC(N)C1=O. The molecule has 0 bridgehead atoms. The van der Waals surface area contributed by atoms with Crippen LogP contribution in [0.5, 0.6) is 0 Å². The van der Waals surface area contributed by atoms with Crippen LogP contribution in [0, 0.1) is 12.3 Å². The second-order valence-electron chi connectivity index (χ2n) is 2.65. The lowest BCUT2D eigenvalue weighted by Crippen LogP contribution is -2.61. The van der Waals surface area contributed by atoms with Gasteiger partial charge in [-0.25, -0.2) is 0 Å². The Hall–Kier alpha value is -0.660. The molecule has 1 aliphatic heterocycles. The van der Waals surface area contributed by atoms with Crippen molar-refractivity contribution in [2.24, 2.45) is 5.73 Å². The molecule has 0 aromatic heterocycles. The molecule has 1 aliphatic rings. The van der Waals surface area contributed by atoms with Gasteiger partial charge in [0.2, 0.25) is 5.91 Å². The largest absolute Gasteiger partial charge is 0.338 e. The van der Waals surface area contributed by atoms with E-state index in [1.165, 1.54) is 0 Å². The van der Waals surface area contributed by atoms with Crippen LogP contribution in [0.3, 0.4) is 0 Å². The molecule has 0 aromatic carbocycles. The molecule has 2 N–H and O–H groups in total. The summed E-state index contributed by atoms with van der Waals surface area (Å²) in [5.74, 6) is 4.22. The summed E-state index contributed by atoms with van der Waals surface area (Å²) < 4.78 is 0. The Morgan fingerprint density at radius 2 is 2.58 bits per heavy atom. The summed E-state index contributed by atoms with van der Waals surface area (Å²) in [5, 5.41) is 0. The van der Waals surface area contributed by atoms with Crippen molar-refractivity contribution in [1.29, 1.82) is 0 Å². The van der Waals surface area contributed by atoms with Crippen LogP contribution in [0.2, 0.25) is 0 Å². The summed E-state index contributed by atoms with van der Waals surface area (Å²) in [7, 11) is 0. The van der Waals surface area contributed by atoms with Gasteiger partial charge in [0, 0.05) is 18.8 Å². The first kappa shape index (κ1) is 9.43. The highest BCUT2D eigenvalue weighted by Gasteiger charge is 2.32. The van der Waals surface area contributed by atoms with Crippen molar-refractivity contribution in [3.05, 3.63) is 0 Å². The van der Waals surface area contributed by atoms with Crippen LogP contribution in [-0.4, -0.2) is 41.4 Å². The molecule has 0 aromatic rings. The monoisotopic (exact) mass is 184 g/mol. The third kappa shape index (κ3) is 2.16. The van der Waals surface area contributed by atoms with E-state index >= 15 is 0 Å². The molecule has 1 saturated heterocycles. The zero-order chi connectivity index (χ0) is 8.97. The molecular formula is C8H12N2OS. The molecule has 0 saturated carbocycles. The van der Waals surface area contributed by atoms with Crippen LogP contribution in [0.25, 0.3) is 0 Å². The van der Waals surface area contributed by atoms with Crippen molar-refractivity contribution in [3.63, 3.8) is 0 Å². The number of β-lactam (4-membered cyclic amide) rings is 1. The number of amides is 1. The van der Waals surface area contributed by atoms with Crippen LogP contribution in [0.15, 0.2) is 0 Å². The summed E-state index contributed by atoms with van der Waals surface area (Å²) in [6.07, 6.45) is 5.07. The predicted octanol–water partition coefficient (Wildman–Crippen LogP) is -0.478. The highest BCUT2D eigenvalue weighted by molar-refractivity contribution is 7.99. The van der Waals surface area contributed by atoms with Gasteiger partial charge < -0.3 is 10.6 Å². The topological polar surface area (TPSA) is 46.3 Å². The lowest BCUT2D eigenvalue weighted by molar-refractivity contribution is -0.141. The first-order chi connectivity index (χ1) is 5.75. The Bertz CT molecular complexity index is 212. The standard InChI is InChI=1S/C8H12N2OS/c1-2-4-12-5-3-10-6-7(9)8(10)11/h1,7H,3-6,9H2. The van der Waals surface area contributed by atoms with Crippen molar-refractivity contribution in [1.82, 2.24) is 4.90 Å². The zero-order valence-electron chi connectivity index (χ0n) is 6.82. The van der Waals surface area contributed by atoms with Gasteiger partial charge >= 0.3 is 0 Å². The average Bonchev–Trinajstić information content (AvgIpc) is 2.10. The molecule has 4 heteroatoms. The predicted molar refractivity (Wildman–Crippen MR) is 50.7 cm³/mol. The molecule has 0 spiro atoms. The van der Waals surface area contributed by atoms with E-state index in [0.717, 1.165) is 12.3 Å². The normalized spacial score (nSPS) is 21.8. The number of carbonyl (C=O) groups excluding carboxylic acids is 1. The van der Waals surface area contributed by atoms with Crippen molar-refractivity contribution < 1.29 is 4.79 Å². The van der Waals surface area contributed by atoms with Gasteiger partial charge in [-0.3, -0.25) is 4.79 Å². The minimum atomic E-state index is -0.248. The quantitative estimate of drug-likeness (QED) is 0.365. The fourth-order valence-corrected chi connectivity index (χ4v) is 1.65. The first-order valence-electron chi connectivity index (χ1n) is 3.81. The Kier molecular flexibility index (Phi) is 3.45. The summed E-state index contributed by atoms with van der Waals surface area (Å²) >= 11 is 1.66. The summed E-state index contributed by atoms with van der Waals surface area (Å²) in [5.41, 5.74) is 5.41. The zero-order valence-corrected chi connectivity index (χ0v) is 7.64. The summed E-state index contributed by atoms with van der Waals surface area (Å²) in [4.78, 5) is 12.7. The summed E-state index contributed by atoms with van der Waals surface area (Å²) in [6.45, 7) is 1.48. The highest BCUT2D eigenvalue weighted by Crippen LogP contribution is 2.09. The van der Waals surface area contributed by atoms with E-state index in [-0.39, 0.29) is 11.9 Å². The average molecular weight is 184 g/mol. The van der Waals surface area contributed by atoms with Crippen LogP contribution in [-0.2, 0) is 4.79 Å². The molecule has 66 valence electrons. The molecule has 1 amide bonds. The minimum absolute atomic E-state index is 0.0660. The number of thioether (sulfide) groups is 1. The fraction of sp³-hybridized carbons (Fsp3) is 0.625. The number of terminal acetylenes is 1. The van der Waals surface area contributed by atoms with E-state index < -0.39 is 0 Å². The van der Waals surface area contributed by atoms with Gasteiger partial charge in [-0.2, -0.15) is 0 Å². The van der Waals surface area contributed by atoms with E-state index in [2.05, 4.69) is 5.92 Å².